The molecule has 0 aliphatic rings. The minimum atomic E-state index is -0.577. The number of nitrogens with two attached hydrogens (primary N) is 2. The van der Waals surface area contributed by atoms with Gasteiger partial charge in [-0.05, 0) is 24.3 Å². The van der Waals surface area contributed by atoms with Gasteiger partial charge >= 0.3 is 0 Å². The first kappa shape index (κ1) is 13.4. The van der Waals surface area contributed by atoms with Crippen LogP contribution in [0.1, 0.15) is 15.9 Å². The van der Waals surface area contributed by atoms with Crippen LogP contribution in [-0.4, -0.2) is 13.0 Å². The summed E-state index contributed by atoms with van der Waals surface area (Å²) in [6, 6.07) is 14.3. The highest BCUT2D eigenvalue weighted by atomic mass is 16.1. The van der Waals surface area contributed by atoms with Gasteiger partial charge in [-0.2, -0.15) is 5.26 Å². The summed E-state index contributed by atoms with van der Waals surface area (Å²) < 4.78 is 0. The van der Waals surface area contributed by atoms with Crippen LogP contribution in [0.3, 0.4) is 0 Å². The van der Waals surface area contributed by atoms with E-state index in [0.717, 1.165) is 0 Å². The highest BCUT2D eigenvalue weighted by molar-refractivity contribution is 6.01. The number of hydrogen-bond donors (Lipinski definition) is 2. The summed E-state index contributed by atoms with van der Waals surface area (Å²) in [6.07, 6.45) is 0. The lowest BCUT2D eigenvalue weighted by Gasteiger charge is -2.23. The molecule has 0 aliphatic carbocycles. The average molecular weight is 266 g/mol. The molecule has 4 N–H and O–H groups in total. The molecule has 0 fully saturated rings. The van der Waals surface area contributed by atoms with Crippen LogP contribution in [0.5, 0.6) is 0 Å². The molecule has 100 valence electrons. The van der Waals surface area contributed by atoms with Crippen molar-refractivity contribution in [2.45, 2.75) is 0 Å². The highest BCUT2D eigenvalue weighted by Gasteiger charge is 2.15. The van der Waals surface area contributed by atoms with Gasteiger partial charge in [-0.25, -0.2) is 0 Å². The van der Waals surface area contributed by atoms with Crippen LogP contribution in [0, 0.1) is 11.3 Å². The molecule has 0 radical (unpaired) electrons. The molecular formula is C15H14N4O. The lowest BCUT2D eigenvalue weighted by Crippen LogP contribution is -2.18. The Morgan fingerprint density at radius 3 is 2.45 bits per heavy atom. The molecule has 0 heterocycles. The molecule has 20 heavy (non-hydrogen) atoms. The molecular weight excluding hydrogens is 252 g/mol. The van der Waals surface area contributed by atoms with Crippen LogP contribution >= 0.6 is 0 Å². The van der Waals surface area contributed by atoms with E-state index in [9.17, 15) is 4.79 Å². The van der Waals surface area contributed by atoms with Crippen LogP contribution < -0.4 is 16.4 Å². The minimum absolute atomic E-state index is 0.267. The fourth-order valence-electron chi connectivity index (χ4n) is 2.05. The lowest BCUT2D eigenvalue weighted by molar-refractivity contribution is 0.100. The molecule has 2 aromatic rings. The van der Waals surface area contributed by atoms with Crippen LogP contribution in [-0.2, 0) is 0 Å². The van der Waals surface area contributed by atoms with Crippen molar-refractivity contribution < 1.29 is 4.79 Å². The number of carbonyl (C=O) groups is 1. The summed E-state index contributed by atoms with van der Waals surface area (Å²) in [5.41, 5.74) is 13.7. The topological polar surface area (TPSA) is 96.1 Å². The first-order valence-corrected chi connectivity index (χ1v) is 5.97. The van der Waals surface area contributed by atoms with E-state index in [0.29, 0.717) is 22.6 Å². The first-order valence-electron chi connectivity index (χ1n) is 5.97. The zero-order valence-corrected chi connectivity index (χ0v) is 11.0. The zero-order chi connectivity index (χ0) is 14.7. The van der Waals surface area contributed by atoms with Crippen molar-refractivity contribution in [2.24, 2.45) is 5.73 Å². The number of hydrogen-bond acceptors (Lipinski definition) is 4. The third-order valence-electron chi connectivity index (χ3n) is 3.10. The summed E-state index contributed by atoms with van der Waals surface area (Å²) in [7, 11) is 1.78. The summed E-state index contributed by atoms with van der Waals surface area (Å²) in [6.45, 7) is 0. The normalized spacial score (nSPS) is 9.80. The average Bonchev–Trinajstić information content (AvgIpc) is 2.46. The third kappa shape index (κ3) is 2.27. The van der Waals surface area contributed by atoms with Crippen LogP contribution in [0.2, 0.25) is 0 Å². The fraction of sp³-hybridized carbons (Fsp3) is 0.0667. The fourth-order valence-corrected chi connectivity index (χ4v) is 2.05. The van der Waals surface area contributed by atoms with Crippen molar-refractivity contribution in [1.82, 2.24) is 0 Å². The van der Waals surface area contributed by atoms with E-state index in [2.05, 4.69) is 6.07 Å². The predicted octanol–water partition coefficient (Wildman–Crippen LogP) is 2.01. The Balaban J connectivity index is 2.55. The number of rotatable bonds is 3. The summed E-state index contributed by atoms with van der Waals surface area (Å²) >= 11 is 0. The van der Waals surface area contributed by atoms with Crippen LogP contribution in [0.25, 0.3) is 0 Å². The monoisotopic (exact) mass is 266 g/mol. The van der Waals surface area contributed by atoms with Crippen molar-refractivity contribution in [2.75, 3.05) is 17.7 Å². The van der Waals surface area contributed by atoms with Crippen molar-refractivity contribution in [3.8, 4) is 6.07 Å². The molecule has 1 amide bonds. The first-order chi connectivity index (χ1) is 9.56. The molecule has 0 aromatic heterocycles. The maximum Gasteiger partial charge on any atom is 0.250 e. The van der Waals surface area contributed by atoms with Gasteiger partial charge in [0.2, 0.25) is 0 Å². The van der Waals surface area contributed by atoms with Gasteiger partial charge in [0.1, 0.15) is 6.07 Å². The largest absolute Gasteiger partial charge is 0.396 e. The van der Waals surface area contributed by atoms with Gasteiger partial charge in [-0.3, -0.25) is 4.79 Å². The van der Waals surface area contributed by atoms with Crippen molar-refractivity contribution >= 4 is 23.0 Å². The van der Waals surface area contributed by atoms with Gasteiger partial charge in [-0.1, -0.05) is 18.2 Å². The minimum Gasteiger partial charge on any atom is -0.396 e. The Labute approximate surface area is 117 Å². The van der Waals surface area contributed by atoms with Crippen molar-refractivity contribution in [3.05, 3.63) is 53.6 Å². The predicted molar refractivity (Wildman–Crippen MR) is 78.6 cm³/mol. The Hall–Kier alpha value is -3.00. The molecule has 0 aliphatic heterocycles. The van der Waals surface area contributed by atoms with Crippen LogP contribution in [0.4, 0.5) is 17.1 Å². The quantitative estimate of drug-likeness (QED) is 0.830. The molecule has 0 atom stereocenters. The summed E-state index contributed by atoms with van der Waals surface area (Å²) in [4.78, 5) is 13.1. The molecule has 0 bridgehead atoms. The maximum absolute atomic E-state index is 11.3. The molecule has 0 saturated carbocycles. The molecule has 5 heteroatoms. The van der Waals surface area contributed by atoms with E-state index in [1.54, 1.807) is 42.3 Å². The zero-order valence-electron chi connectivity index (χ0n) is 11.0. The number of nitrogen functional groups attached to an aromatic ring is 1. The standard InChI is InChI=1S/C15H14N4O/c1-19(12-7-3-2-5-10(12)9-16)13-8-4-6-11(14(13)17)15(18)20/h2-8H,17H2,1H3,(H2,18,20). The number of anilines is 3. The van der Waals surface area contributed by atoms with Gasteiger partial charge in [-0.15, -0.1) is 0 Å². The molecule has 0 unspecified atom stereocenters. The smallest absolute Gasteiger partial charge is 0.250 e. The van der Waals surface area contributed by atoms with Gasteiger partial charge in [0.15, 0.2) is 0 Å². The number of primary amides is 1. The van der Waals surface area contributed by atoms with Gasteiger partial charge < -0.3 is 16.4 Å². The number of nitriles is 1. The van der Waals surface area contributed by atoms with E-state index < -0.39 is 5.91 Å². The number of amides is 1. The second-order valence-corrected chi connectivity index (χ2v) is 4.29. The van der Waals surface area contributed by atoms with Crippen LogP contribution in [0.15, 0.2) is 42.5 Å². The van der Waals surface area contributed by atoms with E-state index in [1.807, 2.05) is 12.1 Å². The Morgan fingerprint density at radius 2 is 1.80 bits per heavy atom. The number of nitrogens with zero attached hydrogens (tertiary/aromatic N) is 2. The second-order valence-electron chi connectivity index (χ2n) is 4.29. The number of para-hydroxylation sites is 2. The molecule has 5 nitrogen and oxygen atoms in total. The van der Waals surface area contributed by atoms with E-state index in [-0.39, 0.29) is 5.56 Å². The van der Waals surface area contributed by atoms with Gasteiger partial charge in [0.05, 0.1) is 28.2 Å². The molecule has 0 spiro atoms. The molecule has 0 saturated heterocycles. The van der Waals surface area contributed by atoms with E-state index in [1.165, 1.54) is 0 Å². The van der Waals surface area contributed by atoms with Gasteiger partial charge in [0.25, 0.3) is 5.91 Å². The Bertz CT molecular complexity index is 703. The van der Waals surface area contributed by atoms with Crippen molar-refractivity contribution in [1.29, 1.82) is 5.26 Å². The van der Waals surface area contributed by atoms with E-state index in [4.69, 9.17) is 16.7 Å². The third-order valence-corrected chi connectivity index (χ3v) is 3.10. The van der Waals surface area contributed by atoms with Gasteiger partial charge in [0, 0.05) is 7.05 Å². The molecule has 2 rings (SSSR count). The maximum atomic E-state index is 11.3. The molecule has 2 aromatic carbocycles. The highest BCUT2D eigenvalue weighted by Crippen LogP contribution is 2.32. The lowest BCUT2D eigenvalue weighted by atomic mass is 10.1. The Morgan fingerprint density at radius 1 is 1.15 bits per heavy atom. The number of benzene rings is 2. The second kappa shape index (κ2) is 5.33. The summed E-state index contributed by atoms with van der Waals surface area (Å²) in [5, 5.41) is 9.14. The Kier molecular flexibility index (Phi) is 3.58. The summed E-state index contributed by atoms with van der Waals surface area (Å²) in [5.74, 6) is -0.577. The van der Waals surface area contributed by atoms with Crippen molar-refractivity contribution in [3.63, 3.8) is 0 Å². The number of carbonyl (C=O) groups excluding carboxylic acids is 1. The SMILES string of the molecule is CN(c1ccccc1C#N)c1cccc(C(N)=O)c1N. The van der Waals surface area contributed by atoms with E-state index >= 15 is 0 Å².